The second-order valence-electron chi connectivity index (χ2n) is 4.74. The summed E-state index contributed by atoms with van der Waals surface area (Å²) in [7, 11) is -1.89. The molecular formula is C13H16N2O3S. The molecule has 0 aliphatic heterocycles. The molecule has 6 heteroatoms. The Hall–Kier alpha value is -1.42. The molecule has 1 saturated carbocycles. The summed E-state index contributed by atoms with van der Waals surface area (Å²) in [6.07, 6.45) is 1.55. The van der Waals surface area contributed by atoms with Gasteiger partial charge in [0, 0.05) is 13.2 Å². The van der Waals surface area contributed by atoms with E-state index in [2.05, 4.69) is 4.72 Å². The van der Waals surface area contributed by atoms with Gasteiger partial charge in [0.1, 0.15) is 0 Å². The number of methoxy groups -OCH3 is 1. The highest BCUT2D eigenvalue weighted by molar-refractivity contribution is 7.89. The van der Waals surface area contributed by atoms with Gasteiger partial charge in [0.2, 0.25) is 10.0 Å². The Bertz CT molecular complexity index is 613. The number of benzene rings is 1. The van der Waals surface area contributed by atoms with Gasteiger partial charge in [0.05, 0.1) is 22.6 Å². The summed E-state index contributed by atoms with van der Waals surface area (Å²) < 4.78 is 32.1. The molecule has 0 amide bonds. The first-order valence-corrected chi connectivity index (χ1v) is 7.50. The highest BCUT2D eigenvalue weighted by Gasteiger charge is 2.32. The summed E-state index contributed by atoms with van der Waals surface area (Å²) in [4.78, 5) is 0.199. The maximum absolute atomic E-state index is 12.1. The molecule has 1 N–H and O–H groups in total. The zero-order valence-electron chi connectivity index (χ0n) is 10.9. The Morgan fingerprint density at radius 1 is 1.42 bits per heavy atom. The Balaban J connectivity index is 2.12. The zero-order valence-corrected chi connectivity index (χ0v) is 11.7. The van der Waals surface area contributed by atoms with Gasteiger partial charge >= 0.3 is 0 Å². The molecule has 1 aromatic rings. The lowest BCUT2D eigenvalue weighted by molar-refractivity contribution is 0.0236. The van der Waals surface area contributed by atoms with Crippen molar-refractivity contribution in [2.45, 2.75) is 36.8 Å². The van der Waals surface area contributed by atoms with E-state index in [-0.39, 0.29) is 17.0 Å². The fourth-order valence-corrected chi connectivity index (χ4v) is 3.42. The fraction of sp³-hybridized carbons (Fsp3) is 0.462. The number of aryl methyl sites for hydroxylation is 1. The molecule has 5 nitrogen and oxygen atoms in total. The summed E-state index contributed by atoms with van der Waals surface area (Å²) in [5.41, 5.74) is 1.15. The van der Waals surface area contributed by atoms with Crippen molar-refractivity contribution in [1.29, 1.82) is 5.26 Å². The van der Waals surface area contributed by atoms with Gasteiger partial charge in [-0.05, 0) is 43.5 Å². The highest BCUT2D eigenvalue weighted by Crippen LogP contribution is 2.25. The maximum Gasteiger partial charge on any atom is 0.240 e. The van der Waals surface area contributed by atoms with Crippen LogP contribution < -0.4 is 4.72 Å². The van der Waals surface area contributed by atoms with Crippen LogP contribution in [0.25, 0.3) is 0 Å². The molecule has 0 spiro atoms. The first-order valence-electron chi connectivity index (χ1n) is 6.02. The molecule has 0 bridgehead atoms. The third-order valence-corrected chi connectivity index (χ3v) is 4.90. The van der Waals surface area contributed by atoms with Gasteiger partial charge in [-0.1, -0.05) is 0 Å². The number of hydrogen-bond acceptors (Lipinski definition) is 4. The molecule has 0 saturated heterocycles. The quantitative estimate of drug-likeness (QED) is 0.902. The molecule has 2 rings (SSSR count). The number of ether oxygens (including phenoxy) is 1. The van der Waals surface area contributed by atoms with Crippen molar-refractivity contribution in [3.05, 3.63) is 29.3 Å². The first kappa shape index (κ1) is 14.0. The van der Waals surface area contributed by atoms with E-state index in [1.807, 2.05) is 6.07 Å². The normalized spacial score (nSPS) is 22.6. The topological polar surface area (TPSA) is 79.2 Å². The van der Waals surface area contributed by atoms with E-state index in [0.717, 1.165) is 0 Å². The molecule has 0 heterocycles. The van der Waals surface area contributed by atoms with Crippen LogP contribution in [0.5, 0.6) is 0 Å². The van der Waals surface area contributed by atoms with Crippen molar-refractivity contribution < 1.29 is 13.2 Å². The number of nitrogens with zero attached hydrogens (tertiary/aromatic N) is 1. The van der Waals surface area contributed by atoms with Crippen LogP contribution in [0, 0.1) is 18.3 Å². The van der Waals surface area contributed by atoms with Crippen LogP contribution in [0.15, 0.2) is 23.1 Å². The lowest BCUT2D eigenvalue weighted by Gasteiger charge is -2.34. The molecule has 1 aliphatic rings. The summed E-state index contributed by atoms with van der Waals surface area (Å²) in [6.45, 7) is 1.72. The van der Waals surface area contributed by atoms with Gasteiger partial charge in [0.25, 0.3) is 0 Å². The molecule has 1 aliphatic carbocycles. The smallest absolute Gasteiger partial charge is 0.240 e. The number of hydrogen-bond donors (Lipinski definition) is 1. The van der Waals surface area contributed by atoms with Gasteiger partial charge in [-0.25, -0.2) is 13.1 Å². The van der Waals surface area contributed by atoms with Gasteiger partial charge < -0.3 is 4.74 Å². The van der Waals surface area contributed by atoms with E-state index in [1.165, 1.54) is 18.2 Å². The summed E-state index contributed by atoms with van der Waals surface area (Å²) in [6, 6.07) is 6.46. The molecule has 0 atom stereocenters. The molecule has 0 unspecified atom stereocenters. The first-order chi connectivity index (χ1) is 8.96. The molecule has 0 radical (unpaired) electrons. The zero-order chi connectivity index (χ0) is 14.0. The predicted octanol–water partition coefficient (Wildman–Crippen LogP) is 1.32. The Morgan fingerprint density at radius 3 is 2.63 bits per heavy atom. The van der Waals surface area contributed by atoms with E-state index in [9.17, 15) is 8.42 Å². The molecule has 0 aromatic heterocycles. The van der Waals surface area contributed by atoms with Crippen LogP contribution in [-0.2, 0) is 14.8 Å². The lowest BCUT2D eigenvalue weighted by atomic mass is 9.90. The van der Waals surface area contributed by atoms with Crippen LogP contribution in [0.4, 0.5) is 0 Å². The molecule has 1 fully saturated rings. The Kier molecular flexibility index (Phi) is 3.90. The minimum absolute atomic E-state index is 0.0640. The maximum atomic E-state index is 12.1. The lowest BCUT2D eigenvalue weighted by Crippen LogP contribution is -2.47. The third kappa shape index (κ3) is 2.95. The minimum atomic E-state index is -3.51. The average Bonchev–Trinajstić information content (AvgIpc) is 2.33. The van der Waals surface area contributed by atoms with Crippen LogP contribution in [0.3, 0.4) is 0 Å². The van der Waals surface area contributed by atoms with Gasteiger partial charge in [0.15, 0.2) is 0 Å². The van der Waals surface area contributed by atoms with Crippen molar-refractivity contribution in [3.8, 4) is 6.07 Å². The molecular weight excluding hydrogens is 264 g/mol. The second-order valence-corrected chi connectivity index (χ2v) is 6.45. The van der Waals surface area contributed by atoms with Crippen molar-refractivity contribution >= 4 is 10.0 Å². The monoisotopic (exact) mass is 280 g/mol. The van der Waals surface area contributed by atoms with Gasteiger partial charge in [-0.2, -0.15) is 5.26 Å². The molecule has 19 heavy (non-hydrogen) atoms. The van der Waals surface area contributed by atoms with Crippen LogP contribution in [0.2, 0.25) is 0 Å². The number of nitriles is 1. The highest BCUT2D eigenvalue weighted by atomic mass is 32.2. The van der Waals surface area contributed by atoms with Crippen molar-refractivity contribution in [2.24, 2.45) is 0 Å². The third-order valence-electron chi connectivity index (χ3n) is 3.38. The fourth-order valence-electron chi connectivity index (χ4n) is 2.07. The van der Waals surface area contributed by atoms with Gasteiger partial charge in [-0.15, -0.1) is 0 Å². The Morgan fingerprint density at radius 2 is 2.11 bits per heavy atom. The van der Waals surface area contributed by atoms with Crippen LogP contribution in [0.1, 0.15) is 24.0 Å². The van der Waals surface area contributed by atoms with Crippen molar-refractivity contribution in [1.82, 2.24) is 4.72 Å². The average molecular weight is 280 g/mol. The van der Waals surface area contributed by atoms with E-state index in [4.69, 9.17) is 10.00 Å². The standard InChI is InChI=1S/C13H16N2O3S/c1-9-5-13(4-3-10(9)8-14)19(16,17)15-11-6-12(7-11)18-2/h3-5,11-12,15H,6-7H2,1-2H3. The number of nitrogens with one attached hydrogen (secondary N) is 1. The summed E-state index contributed by atoms with van der Waals surface area (Å²) in [5.74, 6) is 0. The van der Waals surface area contributed by atoms with E-state index < -0.39 is 10.0 Å². The van der Waals surface area contributed by atoms with Gasteiger partial charge in [-0.3, -0.25) is 0 Å². The van der Waals surface area contributed by atoms with E-state index in [1.54, 1.807) is 14.0 Å². The largest absolute Gasteiger partial charge is 0.381 e. The summed E-state index contributed by atoms with van der Waals surface area (Å²) >= 11 is 0. The second kappa shape index (κ2) is 5.29. The SMILES string of the molecule is COC1CC(NS(=O)(=O)c2ccc(C#N)c(C)c2)C1. The Labute approximate surface area is 113 Å². The predicted molar refractivity (Wildman–Crippen MR) is 70.0 cm³/mol. The number of sulfonamides is 1. The van der Waals surface area contributed by atoms with Crippen LogP contribution in [-0.4, -0.2) is 27.7 Å². The van der Waals surface area contributed by atoms with Crippen molar-refractivity contribution in [2.75, 3.05) is 7.11 Å². The number of rotatable bonds is 4. The van der Waals surface area contributed by atoms with Crippen LogP contribution >= 0.6 is 0 Å². The summed E-state index contributed by atoms with van der Waals surface area (Å²) in [5, 5.41) is 8.83. The van der Waals surface area contributed by atoms with E-state index in [0.29, 0.717) is 24.0 Å². The molecule has 1 aromatic carbocycles. The van der Waals surface area contributed by atoms with Crippen molar-refractivity contribution in [3.63, 3.8) is 0 Å². The molecule has 102 valence electrons. The van der Waals surface area contributed by atoms with E-state index >= 15 is 0 Å². The minimum Gasteiger partial charge on any atom is -0.381 e.